The van der Waals surface area contributed by atoms with Crippen molar-refractivity contribution in [3.63, 3.8) is 0 Å². The molecule has 0 bridgehead atoms. The molecule has 0 unspecified atom stereocenters. The van der Waals surface area contributed by atoms with Crippen molar-refractivity contribution in [3.8, 4) is 6.07 Å². The van der Waals surface area contributed by atoms with Crippen molar-refractivity contribution < 1.29 is 4.79 Å². The lowest BCUT2D eigenvalue weighted by Gasteiger charge is -2.07. The number of benzene rings is 1. The van der Waals surface area contributed by atoms with E-state index in [0.717, 1.165) is 0 Å². The van der Waals surface area contributed by atoms with Gasteiger partial charge in [0.2, 0.25) is 5.91 Å². The normalized spacial score (nSPS) is 9.56. The molecule has 2 N–H and O–H groups in total. The molecule has 0 aliphatic carbocycles. The van der Waals surface area contributed by atoms with E-state index in [1.807, 2.05) is 6.07 Å². The fourth-order valence-corrected chi connectivity index (χ4v) is 1.62. The van der Waals surface area contributed by atoms with E-state index >= 15 is 0 Å². The molecule has 1 aromatic carbocycles. The molecule has 84 valence electrons. The fourth-order valence-electron chi connectivity index (χ4n) is 1.14. The predicted molar refractivity (Wildman–Crippen MR) is 66.0 cm³/mol. The highest BCUT2D eigenvalue weighted by atomic mass is 79.9. The Morgan fingerprint density at radius 2 is 2.31 bits per heavy atom. The number of nitrogens with zero attached hydrogens (tertiary/aromatic N) is 1. The van der Waals surface area contributed by atoms with Crippen molar-refractivity contribution in [2.24, 2.45) is 0 Å². The monoisotopic (exact) mass is 281 g/mol. The molecule has 0 aliphatic rings. The van der Waals surface area contributed by atoms with Gasteiger partial charge in [-0.2, -0.15) is 5.26 Å². The zero-order valence-electron chi connectivity index (χ0n) is 8.88. The summed E-state index contributed by atoms with van der Waals surface area (Å²) in [4.78, 5) is 11.4. The van der Waals surface area contributed by atoms with Crippen LogP contribution in [0.25, 0.3) is 0 Å². The number of carbonyl (C=O) groups excluding carboxylic acids is 1. The third kappa shape index (κ3) is 3.65. The van der Waals surface area contributed by atoms with Gasteiger partial charge in [0.25, 0.3) is 0 Å². The molecule has 0 saturated carbocycles. The third-order valence-electron chi connectivity index (χ3n) is 1.97. The third-order valence-corrected chi connectivity index (χ3v) is 2.63. The number of nitriles is 1. The lowest BCUT2D eigenvalue weighted by Crippen LogP contribution is -2.18. The molecule has 0 saturated heterocycles. The van der Waals surface area contributed by atoms with Gasteiger partial charge in [-0.25, -0.2) is 0 Å². The Bertz CT molecular complexity index is 426. The second kappa shape index (κ2) is 6.26. The van der Waals surface area contributed by atoms with Crippen molar-refractivity contribution >= 4 is 27.5 Å². The maximum atomic E-state index is 11.4. The van der Waals surface area contributed by atoms with Crippen molar-refractivity contribution in [1.29, 1.82) is 5.26 Å². The van der Waals surface area contributed by atoms with Crippen LogP contribution in [0.1, 0.15) is 12.0 Å². The van der Waals surface area contributed by atoms with Gasteiger partial charge in [-0.1, -0.05) is 0 Å². The standard InChI is InChI=1S/C11H12BrN3O/c1-14-5-4-11(16)15-10-3-2-8(7-13)6-9(10)12/h2-3,6,14H,4-5H2,1H3,(H,15,16). The second-order valence-electron chi connectivity index (χ2n) is 3.21. The van der Waals surface area contributed by atoms with Gasteiger partial charge in [0.1, 0.15) is 0 Å². The summed E-state index contributed by atoms with van der Waals surface area (Å²) >= 11 is 3.30. The molecule has 1 rings (SSSR count). The van der Waals surface area contributed by atoms with Crippen LogP contribution in [-0.4, -0.2) is 19.5 Å². The van der Waals surface area contributed by atoms with Crippen LogP contribution in [-0.2, 0) is 4.79 Å². The number of carbonyl (C=O) groups is 1. The number of amides is 1. The molecule has 0 heterocycles. The van der Waals surface area contributed by atoms with Crippen LogP contribution in [0.2, 0.25) is 0 Å². The van der Waals surface area contributed by atoms with E-state index in [1.54, 1.807) is 25.2 Å². The maximum Gasteiger partial charge on any atom is 0.225 e. The van der Waals surface area contributed by atoms with Gasteiger partial charge < -0.3 is 10.6 Å². The number of rotatable bonds is 4. The van der Waals surface area contributed by atoms with Crippen LogP contribution in [0.3, 0.4) is 0 Å². The SMILES string of the molecule is CNCCC(=O)Nc1ccc(C#N)cc1Br. The minimum atomic E-state index is -0.0558. The first-order valence-corrected chi connectivity index (χ1v) is 5.60. The summed E-state index contributed by atoms with van der Waals surface area (Å²) in [6.45, 7) is 0.639. The average Bonchev–Trinajstić information content (AvgIpc) is 2.29. The Balaban J connectivity index is 2.68. The van der Waals surface area contributed by atoms with Gasteiger partial charge in [-0.15, -0.1) is 0 Å². The van der Waals surface area contributed by atoms with E-state index in [4.69, 9.17) is 5.26 Å². The summed E-state index contributed by atoms with van der Waals surface area (Å²) in [6, 6.07) is 7.08. The quantitative estimate of drug-likeness (QED) is 0.886. The van der Waals surface area contributed by atoms with Gasteiger partial charge >= 0.3 is 0 Å². The Kier molecular flexibility index (Phi) is 4.96. The van der Waals surface area contributed by atoms with Crippen LogP contribution in [0, 0.1) is 11.3 Å². The lowest BCUT2D eigenvalue weighted by molar-refractivity contribution is -0.116. The largest absolute Gasteiger partial charge is 0.325 e. The minimum absolute atomic E-state index is 0.0558. The van der Waals surface area contributed by atoms with E-state index < -0.39 is 0 Å². The molecular formula is C11H12BrN3O. The molecule has 16 heavy (non-hydrogen) atoms. The van der Waals surface area contributed by atoms with Gasteiger partial charge in [-0.05, 0) is 41.2 Å². The van der Waals surface area contributed by atoms with Crippen molar-refractivity contribution in [1.82, 2.24) is 5.32 Å². The lowest BCUT2D eigenvalue weighted by atomic mass is 10.2. The summed E-state index contributed by atoms with van der Waals surface area (Å²) in [7, 11) is 1.80. The topological polar surface area (TPSA) is 64.9 Å². The molecule has 5 heteroatoms. The minimum Gasteiger partial charge on any atom is -0.325 e. The van der Waals surface area contributed by atoms with Crippen LogP contribution in [0.5, 0.6) is 0 Å². The molecule has 1 amide bonds. The summed E-state index contributed by atoms with van der Waals surface area (Å²) in [5, 5.41) is 14.3. The molecule has 0 spiro atoms. The first-order valence-electron chi connectivity index (χ1n) is 4.81. The van der Waals surface area contributed by atoms with Crippen LogP contribution >= 0.6 is 15.9 Å². The molecule has 0 fully saturated rings. The van der Waals surface area contributed by atoms with Gasteiger partial charge in [0.15, 0.2) is 0 Å². The van der Waals surface area contributed by atoms with E-state index in [9.17, 15) is 4.79 Å². The number of hydrogen-bond acceptors (Lipinski definition) is 3. The molecule has 0 radical (unpaired) electrons. The van der Waals surface area contributed by atoms with Crippen LogP contribution < -0.4 is 10.6 Å². The molecule has 1 aromatic rings. The number of hydrogen-bond donors (Lipinski definition) is 2. The first kappa shape index (κ1) is 12.7. The summed E-state index contributed by atoms with van der Waals surface area (Å²) < 4.78 is 0.712. The Morgan fingerprint density at radius 3 is 2.88 bits per heavy atom. The second-order valence-corrected chi connectivity index (χ2v) is 4.06. The Morgan fingerprint density at radius 1 is 1.56 bits per heavy atom. The predicted octanol–water partition coefficient (Wildman–Crippen LogP) is 1.87. The summed E-state index contributed by atoms with van der Waals surface area (Å²) in [5.74, 6) is -0.0558. The fraction of sp³-hybridized carbons (Fsp3) is 0.273. The number of halogens is 1. The molecule has 4 nitrogen and oxygen atoms in total. The smallest absolute Gasteiger partial charge is 0.225 e. The van der Waals surface area contributed by atoms with Crippen molar-refractivity contribution in [2.75, 3.05) is 18.9 Å². The highest BCUT2D eigenvalue weighted by Crippen LogP contribution is 2.23. The summed E-state index contributed by atoms with van der Waals surface area (Å²) in [6.07, 6.45) is 0.420. The van der Waals surface area contributed by atoms with E-state index in [1.165, 1.54) is 0 Å². The molecular weight excluding hydrogens is 270 g/mol. The van der Waals surface area contributed by atoms with Gasteiger partial charge in [0, 0.05) is 17.4 Å². The number of anilines is 1. The summed E-state index contributed by atoms with van der Waals surface area (Å²) in [5.41, 5.74) is 1.24. The molecule has 0 aliphatic heterocycles. The number of nitrogens with one attached hydrogen (secondary N) is 2. The van der Waals surface area contributed by atoms with Crippen LogP contribution in [0.15, 0.2) is 22.7 Å². The Labute approximate surface area is 103 Å². The zero-order chi connectivity index (χ0) is 12.0. The van der Waals surface area contributed by atoms with Crippen molar-refractivity contribution in [2.45, 2.75) is 6.42 Å². The zero-order valence-corrected chi connectivity index (χ0v) is 10.5. The molecule has 0 atom stereocenters. The van der Waals surface area contributed by atoms with Gasteiger partial charge in [0.05, 0.1) is 17.3 Å². The van der Waals surface area contributed by atoms with Gasteiger partial charge in [-0.3, -0.25) is 4.79 Å². The van der Waals surface area contributed by atoms with E-state index in [2.05, 4.69) is 26.6 Å². The molecule has 0 aromatic heterocycles. The average molecular weight is 282 g/mol. The highest BCUT2D eigenvalue weighted by molar-refractivity contribution is 9.10. The van der Waals surface area contributed by atoms with E-state index in [-0.39, 0.29) is 5.91 Å². The highest BCUT2D eigenvalue weighted by Gasteiger charge is 2.05. The van der Waals surface area contributed by atoms with Crippen LogP contribution in [0.4, 0.5) is 5.69 Å². The maximum absolute atomic E-state index is 11.4. The van der Waals surface area contributed by atoms with Crippen molar-refractivity contribution in [3.05, 3.63) is 28.2 Å². The first-order chi connectivity index (χ1) is 7.67. The Hall–Kier alpha value is -1.38. The van der Waals surface area contributed by atoms with E-state index in [0.29, 0.717) is 28.7 Å².